The van der Waals surface area contributed by atoms with E-state index >= 15 is 0 Å². The van der Waals surface area contributed by atoms with Gasteiger partial charge in [0.25, 0.3) is 0 Å². The molecule has 0 bridgehead atoms. The summed E-state index contributed by atoms with van der Waals surface area (Å²) in [5.74, 6) is 0. The Labute approximate surface area is 158 Å². The molecule has 3 aromatic carbocycles. The summed E-state index contributed by atoms with van der Waals surface area (Å²) >= 11 is 0. The lowest BCUT2D eigenvalue weighted by Crippen LogP contribution is -2.31. The van der Waals surface area contributed by atoms with Gasteiger partial charge in [0.2, 0.25) is 0 Å². The summed E-state index contributed by atoms with van der Waals surface area (Å²) < 4.78 is 1.37. The third kappa shape index (κ3) is 3.51. The van der Waals surface area contributed by atoms with E-state index in [2.05, 4.69) is 29.4 Å². The van der Waals surface area contributed by atoms with E-state index in [-0.39, 0.29) is 6.03 Å². The van der Waals surface area contributed by atoms with Crippen molar-refractivity contribution in [1.29, 1.82) is 0 Å². The highest BCUT2D eigenvalue weighted by molar-refractivity contribution is 5.92. The SMILES string of the molecule is CN(C(=O)n1ccc(-c2ccc(-c3ccccc3)cc2)n1)c1ccccc1. The van der Waals surface area contributed by atoms with Crippen molar-refractivity contribution in [2.24, 2.45) is 0 Å². The van der Waals surface area contributed by atoms with Gasteiger partial charge in [0.05, 0.1) is 5.69 Å². The average molecular weight is 353 g/mol. The summed E-state index contributed by atoms with van der Waals surface area (Å²) in [4.78, 5) is 14.2. The number of para-hydroxylation sites is 1. The first kappa shape index (κ1) is 16.8. The van der Waals surface area contributed by atoms with Gasteiger partial charge in [0.15, 0.2) is 0 Å². The molecule has 0 aliphatic rings. The summed E-state index contributed by atoms with van der Waals surface area (Å²) in [6.07, 6.45) is 1.70. The third-order valence-corrected chi connectivity index (χ3v) is 4.50. The average Bonchev–Trinajstić information content (AvgIpc) is 3.24. The minimum absolute atomic E-state index is 0.201. The molecule has 0 N–H and O–H groups in total. The van der Waals surface area contributed by atoms with Crippen molar-refractivity contribution in [2.45, 2.75) is 0 Å². The van der Waals surface area contributed by atoms with Crippen LogP contribution >= 0.6 is 0 Å². The van der Waals surface area contributed by atoms with Gasteiger partial charge in [-0.3, -0.25) is 4.90 Å². The summed E-state index contributed by atoms with van der Waals surface area (Å²) in [7, 11) is 1.74. The van der Waals surface area contributed by atoms with Crippen molar-refractivity contribution in [1.82, 2.24) is 9.78 Å². The Morgan fingerprint density at radius 2 is 1.30 bits per heavy atom. The standard InChI is InChI=1S/C23H19N3O/c1-25(21-10-6-3-7-11-21)23(27)26-17-16-22(24-26)20-14-12-19(13-15-20)18-8-4-2-5-9-18/h2-17H,1H3. The molecule has 0 spiro atoms. The summed E-state index contributed by atoms with van der Waals surface area (Å²) in [6.45, 7) is 0. The molecule has 0 radical (unpaired) electrons. The van der Waals surface area contributed by atoms with Crippen LogP contribution in [0, 0.1) is 0 Å². The van der Waals surface area contributed by atoms with Crippen LogP contribution in [0.2, 0.25) is 0 Å². The smallest absolute Gasteiger partial charge is 0.296 e. The van der Waals surface area contributed by atoms with E-state index in [1.807, 2.05) is 66.7 Å². The number of amides is 1. The van der Waals surface area contributed by atoms with E-state index in [4.69, 9.17) is 0 Å². The molecular weight excluding hydrogens is 334 g/mol. The Morgan fingerprint density at radius 3 is 1.96 bits per heavy atom. The molecule has 0 fully saturated rings. The van der Waals surface area contributed by atoms with Crippen molar-refractivity contribution >= 4 is 11.7 Å². The molecule has 0 saturated carbocycles. The quantitative estimate of drug-likeness (QED) is 0.500. The number of rotatable bonds is 3. The van der Waals surface area contributed by atoms with Crippen LogP contribution in [0.3, 0.4) is 0 Å². The van der Waals surface area contributed by atoms with Crippen molar-refractivity contribution in [3.05, 3.63) is 97.2 Å². The predicted octanol–water partition coefficient (Wildman–Crippen LogP) is 5.32. The zero-order valence-electron chi connectivity index (χ0n) is 15.0. The molecule has 4 rings (SSSR count). The van der Waals surface area contributed by atoms with E-state index in [0.717, 1.165) is 22.5 Å². The van der Waals surface area contributed by atoms with Gasteiger partial charge in [-0.2, -0.15) is 9.78 Å². The lowest BCUT2D eigenvalue weighted by molar-refractivity contribution is 0.246. The Morgan fingerprint density at radius 1 is 0.741 bits per heavy atom. The predicted molar refractivity (Wildman–Crippen MR) is 109 cm³/mol. The number of carbonyl (C=O) groups is 1. The fraction of sp³-hybridized carbons (Fsp3) is 0.0435. The van der Waals surface area contributed by atoms with E-state index in [1.165, 1.54) is 10.2 Å². The second-order valence-electron chi connectivity index (χ2n) is 6.27. The number of hydrogen-bond acceptors (Lipinski definition) is 2. The van der Waals surface area contributed by atoms with Crippen LogP contribution in [0.25, 0.3) is 22.4 Å². The van der Waals surface area contributed by atoms with Gasteiger partial charge in [-0.1, -0.05) is 72.8 Å². The van der Waals surface area contributed by atoms with Gasteiger partial charge in [-0.15, -0.1) is 0 Å². The largest absolute Gasteiger partial charge is 0.348 e. The second kappa shape index (κ2) is 7.30. The zero-order chi connectivity index (χ0) is 18.6. The molecule has 4 heteroatoms. The van der Waals surface area contributed by atoms with Crippen LogP contribution in [0.1, 0.15) is 0 Å². The van der Waals surface area contributed by atoms with Crippen LogP contribution < -0.4 is 4.90 Å². The molecule has 4 nitrogen and oxygen atoms in total. The van der Waals surface area contributed by atoms with Crippen molar-refractivity contribution in [3.8, 4) is 22.4 Å². The molecule has 4 aromatic rings. The molecular formula is C23H19N3O. The number of nitrogens with zero attached hydrogens (tertiary/aromatic N) is 3. The topological polar surface area (TPSA) is 38.1 Å². The van der Waals surface area contributed by atoms with Gasteiger partial charge in [-0.05, 0) is 29.3 Å². The van der Waals surface area contributed by atoms with Gasteiger partial charge in [-0.25, -0.2) is 4.79 Å². The number of aromatic nitrogens is 2. The number of carbonyl (C=O) groups excluding carboxylic acids is 1. The fourth-order valence-electron chi connectivity index (χ4n) is 2.96. The Kier molecular flexibility index (Phi) is 4.54. The van der Waals surface area contributed by atoms with E-state index < -0.39 is 0 Å². The molecule has 27 heavy (non-hydrogen) atoms. The maximum atomic E-state index is 12.7. The van der Waals surface area contributed by atoms with Crippen molar-refractivity contribution in [2.75, 3.05) is 11.9 Å². The first-order valence-electron chi connectivity index (χ1n) is 8.77. The van der Waals surface area contributed by atoms with Crippen LogP contribution in [0.15, 0.2) is 97.2 Å². The van der Waals surface area contributed by atoms with Crippen molar-refractivity contribution in [3.63, 3.8) is 0 Å². The first-order chi connectivity index (χ1) is 13.2. The fourth-order valence-corrected chi connectivity index (χ4v) is 2.96. The van der Waals surface area contributed by atoms with Crippen LogP contribution in [-0.2, 0) is 0 Å². The lowest BCUT2D eigenvalue weighted by atomic mass is 10.0. The number of anilines is 1. The molecule has 0 aliphatic carbocycles. The van der Waals surface area contributed by atoms with Gasteiger partial charge < -0.3 is 0 Å². The maximum absolute atomic E-state index is 12.7. The van der Waals surface area contributed by atoms with Crippen LogP contribution in [-0.4, -0.2) is 22.9 Å². The van der Waals surface area contributed by atoms with Crippen LogP contribution in [0.4, 0.5) is 10.5 Å². The summed E-state index contributed by atoms with van der Waals surface area (Å²) in [5, 5.41) is 4.45. The minimum atomic E-state index is -0.201. The molecule has 1 heterocycles. The molecule has 0 saturated heterocycles. The maximum Gasteiger partial charge on any atom is 0.348 e. The summed E-state index contributed by atoms with van der Waals surface area (Å²) in [6, 6.07) is 29.6. The lowest BCUT2D eigenvalue weighted by Gasteiger charge is -2.16. The van der Waals surface area contributed by atoms with Gasteiger partial charge in [0, 0.05) is 24.5 Å². The monoisotopic (exact) mass is 353 g/mol. The van der Waals surface area contributed by atoms with Gasteiger partial charge in [0.1, 0.15) is 0 Å². The Hall–Kier alpha value is -3.66. The zero-order valence-corrected chi connectivity index (χ0v) is 15.0. The molecule has 0 aliphatic heterocycles. The highest BCUT2D eigenvalue weighted by atomic mass is 16.2. The normalized spacial score (nSPS) is 10.6. The highest BCUT2D eigenvalue weighted by Gasteiger charge is 2.14. The molecule has 0 atom stereocenters. The molecule has 132 valence electrons. The van der Waals surface area contributed by atoms with E-state index in [0.29, 0.717) is 0 Å². The summed E-state index contributed by atoms with van der Waals surface area (Å²) in [5.41, 5.74) is 4.90. The van der Waals surface area contributed by atoms with Gasteiger partial charge >= 0.3 is 6.03 Å². The van der Waals surface area contributed by atoms with Crippen LogP contribution in [0.5, 0.6) is 0 Å². The molecule has 1 amide bonds. The first-order valence-corrected chi connectivity index (χ1v) is 8.77. The third-order valence-electron chi connectivity index (χ3n) is 4.50. The highest BCUT2D eigenvalue weighted by Crippen LogP contribution is 2.24. The second-order valence-corrected chi connectivity index (χ2v) is 6.27. The number of benzene rings is 3. The molecule has 1 aromatic heterocycles. The Bertz CT molecular complexity index is 1040. The van der Waals surface area contributed by atoms with Crippen molar-refractivity contribution < 1.29 is 4.79 Å². The van der Waals surface area contributed by atoms with E-state index in [1.54, 1.807) is 18.1 Å². The minimum Gasteiger partial charge on any atom is -0.296 e. The Balaban J connectivity index is 1.55. The molecule has 0 unspecified atom stereocenters. The number of hydrogen-bond donors (Lipinski definition) is 0. The van der Waals surface area contributed by atoms with E-state index in [9.17, 15) is 4.79 Å².